The Morgan fingerprint density at radius 3 is 2.80 bits per heavy atom. The van der Waals surface area contributed by atoms with Crippen LogP contribution in [0.3, 0.4) is 0 Å². The number of nitrogens with zero attached hydrogens (tertiary/aromatic N) is 1. The van der Waals surface area contributed by atoms with Crippen molar-refractivity contribution in [1.82, 2.24) is 15.6 Å². The third kappa shape index (κ3) is 4.07. The van der Waals surface area contributed by atoms with E-state index in [2.05, 4.69) is 21.0 Å². The maximum absolute atomic E-state index is 12.8. The summed E-state index contributed by atoms with van der Waals surface area (Å²) >= 11 is 3.36. The molecule has 1 amide bonds. The average molecular weight is 374 g/mol. The molecule has 132 valence electrons. The Labute approximate surface area is 156 Å². The first kappa shape index (κ1) is 17.1. The lowest BCUT2D eigenvalue weighted by atomic mass is 9.99. The van der Waals surface area contributed by atoms with Crippen molar-refractivity contribution >= 4 is 29.0 Å². The number of aromatic nitrogens is 1. The highest BCUT2D eigenvalue weighted by Gasteiger charge is 2.34. The normalized spacial score (nSPS) is 25.1. The second-order valence-corrected chi connectivity index (χ2v) is 9.00. The lowest BCUT2D eigenvalue weighted by molar-refractivity contribution is 0.0921. The van der Waals surface area contributed by atoms with Crippen molar-refractivity contribution in [2.75, 3.05) is 0 Å². The number of piperidine rings is 1. The van der Waals surface area contributed by atoms with E-state index < -0.39 is 0 Å². The number of hydrogen-bond acceptors (Lipinski definition) is 5. The number of aryl methyl sites for hydroxylation is 1. The van der Waals surface area contributed by atoms with E-state index in [0.717, 1.165) is 39.8 Å². The Bertz CT molecular complexity index is 749. The molecular weight excluding hydrogens is 350 g/mol. The first-order chi connectivity index (χ1) is 12.2. The number of hydrogen-bond donors (Lipinski definition) is 2. The molecule has 4 rings (SSSR count). The molecule has 2 aliphatic heterocycles. The number of nitrogens with one attached hydrogen (secondary N) is 2. The molecule has 2 aromatic rings. The van der Waals surface area contributed by atoms with Gasteiger partial charge in [0.2, 0.25) is 0 Å². The fraction of sp³-hybridized carbons (Fsp3) is 0.474. The lowest BCUT2D eigenvalue weighted by Crippen LogP contribution is -2.48. The smallest absolute Gasteiger partial charge is 0.252 e. The van der Waals surface area contributed by atoms with Gasteiger partial charge < -0.3 is 10.6 Å². The second kappa shape index (κ2) is 7.48. The highest BCUT2D eigenvalue weighted by Crippen LogP contribution is 2.29. The molecule has 2 aliphatic rings. The van der Waals surface area contributed by atoms with Crippen LogP contribution in [-0.2, 0) is 5.75 Å². The van der Waals surface area contributed by atoms with E-state index in [9.17, 15) is 4.79 Å². The van der Waals surface area contributed by atoms with Gasteiger partial charge in [-0.1, -0.05) is 12.1 Å². The molecular formula is C19H23N3OS2. The summed E-state index contributed by atoms with van der Waals surface area (Å²) in [7, 11) is 0. The van der Waals surface area contributed by atoms with Crippen LogP contribution in [0.4, 0.5) is 0 Å². The van der Waals surface area contributed by atoms with Crippen LogP contribution >= 0.6 is 23.1 Å². The molecule has 1 aromatic carbocycles. The number of thioether (sulfide) groups is 1. The number of rotatable bonds is 5. The maximum atomic E-state index is 12.8. The fourth-order valence-electron chi connectivity index (χ4n) is 3.84. The van der Waals surface area contributed by atoms with Gasteiger partial charge in [0.1, 0.15) is 0 Å². The van der Waals surface area contributed by atoms with Gasteiger partial charge >= 0.3 is 0 Å². The molecule has 25 heavy (non-hydrogen) atoms. The number of thiazole rings is 1. The molecule has 4 nitrogen and oxygen atoms in total. The van der Waals surface area contributed by atoms with E-state index >= 15 is 0 Å². The summed E-state index contributed by atoms with van der Waals surface area (Å²) < 4.78 is 0. The SMILES string of the molecule is Cc1nc(CSc2ccccc2C(=O)NC2CC3CCC(C2)N3)cs1. The number of fused-ring (bicyclic) bond motifs is 2. The van der Waals surface area contributed by atoms with Gasteiger partial charge in [-0.25, -0.2) is 4.98 Å². The van der Waals surface area contributed by atoms with Crippen molar-refractivity contribution in [2.45, 2.75) is 61.4 Å². The Morgan fingerprint density at radius 2 is 2.08 bits per heavy atom. The van der Waals surface area contributed by atoms with E-state index in [1.807, 2.05) is 31.2 Å². The molecule has 2 atom stereocenters. The zero-order valence-corrected chi connectivity index (χ0v) is 16.0. The van der Waals surface area contributed by atoms with Crippen LogP contribution in [0.1, 0.15) is 46.7 Å². The van der Waals surface area contributed by atoms with Crippen LogP contribution in [0.25, 0.3) is 0 Å². The van der Waals surface area contributed by atoms with Crippen LogP contribution < -0.4 is 10.6 Å². The van der Waals surface area contributed by atoms with E-state index in [4.69, 9.17) is 0 Å². The van der Waals surface area contributed by atoms with Crippen molar-refractivity contribution < 1.29 is 4.79 Å². The summed E-state index contributed by atoms with van der Waals surface area (Å²) in [6, 6.07) is 9.37. The number of carbonyl (C=O) groups excluding carboxylic acids is 1. The largest absolute Gasteiger partial charge is 0.349 e. The Kier molecular flexibility index (Phi) is 5.10. The van der Waals surface area contributed by atoms with Crippen molar-refractivity contribution in [1.29, 1.82) is 0 Å². The topological polar surface area (TPSA) is 54.0 Å². The van der Waals surface area contributed by atoms with E-state index in [1.165, 1.54) is 12.8 Å². The van der Waals surface area contributed by atoms with Crippen molar-refractivity contribution in [3.05, 3.63) is 45.9 Å². The summed E-state index contributed by atoms with van der Waals surface area (Å²) in [6.45, 7) is 2.02. The minimum atomic E-state index is 0.0591. The van der Waals surface area contributed by atoms with Crippen molar-refractivity contribution in [2.24, 2.45) is 0 Å². The van der Waals surface area contributed by atoms with Gasteiger partial charge in [-0.15, -0.1) is 23.1 Å². The van der Waals surface area contributed by atoms with Gasteiger partial charge in [0.05, 0.1) is 16.3 Å². The zero-order chi connectivity index (χ0) is 17.2. The van der Waals surface area contributed by atoms with Gasteiger partial charge in [0.15, 0.2) is 0 Å². The monoisotopic (exact) mass is 373 g/mol. The minimum absolute atomic E-state index is 0.0591. The molecule has 2 saturated heterocycles. The summed E-state index contributed by atoms with van der Waals surface area (Å²) in [5.74, 6) is 0.857. The predicted molar refractivity (Wildman–Crippen MR) is 103 cm³/mol. The van der Waals surface area contributed by atoms with Crippen molar-refractivity contribution in [3.8, 4) is 0 Å². The molecule has 6 heteroatoms. The average Bonchev–Trinajstić information content (AvgIpc) is 3.18. The van der Waals surface area contributed by atoms with Crippen molar-refractivity contribution in [3.63, 3.8) is 0 Å². The van der Waals surface area contributed by atoms with Gasteiger partial charge in [-0.05, 0) is 44.7 Å². The molecule has 2 bridgehead atoms. The quantitative estimate of drug-likeness (QED) is 0.784. The fourth-order valence-corrected chi connectivity index (χ4v) is 5.50. The molecule has 0 radical (unpaired) electrons. The number of benzene rings is 1. The highest BCUT2D eigenvalue weighted by atomic mass is 32.2. The first-order valence-corrected chi connectivity index (χ1v) is 10.7. The van der Waals surface area contributed by atoms with Gasteiger partial charge in [-0.2, -0.15) is 0 Å². The molecule has 2 unspecified atom stereocenters. The van der Waals surface area contributed by atoms with E-state index in [-0.39, 0.29) is 5.91 Å². The van der Waals surface area contributed by atoms with Crippen LogP contribution in [0.2, 0.25) is 0 Å². The summed E-state index contributed by atoms with van der Waals surface area (Å²) in [4.78, 5) is 18.4. The Morgan fingerprint density at radius 1 is 1.32 bits per heavy atom. The van der Waals surface area contributed by atoms with Crippen LogP contribution in [0.15, 0.2) is 34.5 Å². The lowest BCUT2D eigenvalue weighted by Gasteiger charge is -2.29. The van der Waals surface area contributed by atoms with Gasteiger partial charge in [0.25, 0.3) is 5.91 Å². The molecule has 0 saturated carbocycles. The minimum Gasteiger partial charge on any atom is -0.349 e. The Hall–Kier alpha value is -1.37. The second-order valence-electron chi connectivity index (χ2n) is 6.92. The van der Waals surface area contributed by atoms with Gasteiger partial charge in [-0.3, -0.25) is 4.79 Å². The van der Waals surface area contributed by atoms with E-state index in [0.29, 0.717) is 18.1 Å². The van der Waals surface area contributed by atoms with Gasteiger partial charge in [0, 0.05) is 34.2 Å². The van der Waals surface area contributed by atoms with Crippen LogP contribution in [0.5, 0.6) is 0 Å². The molecule has 2 N–H and O–H groups in total. The van der Waals surface area contributed by atoms with Crippen LogP contribution in [0, 0.1) is 6.92 Å². The standard InChI is InChI=1S/C19H23N3OS2/c1-12-20-16(10-24-12)11-25-18-5-3-2-4-17(18)19(23)22-15-8-13-6-7-14(9-15)21-13/h2-5,10,13-15,21H,6-9,11H2,1H3,(H,22,23). The first-order valence-electron chi connectivity index (χ1n) is 8.87. The molecule has 0 spiro atoms. The van der Waals surface area contributed by atoms with Crippen LogP contribution in [-0.4, -0.2) is 29.0 Å². The predicted octanol–water partition coefficient (Wildman–Crippen LogP) is 3.76. The summed E-state index contributed by atoms with van der Waals surface area (Å²) in [5.41, 5.74) is 1.86. The summed E-state index contributed by atoms with van der Waals surface area (Å²) in [6.07, 6.45) is 4.60. The third-order valence-corrected chi connectivity index (χ3v) is 6.91. The summed E-state index contributed by atoms with van der Waals surface area (Å²) in [5, 5.41) is 10.1. The highest BCUT2D eigenvalue weighted by molar-refractivity contribution is 7.98. The Balaban J connectivity index is 1.41. The third-order valence-electron chi connectivity index (χ3n) is 4.98. The molecule has 1 aromatic heterocycles. The maximum Gasteiger partial charge on any atom is 0.252 e. The molecule has 3 heterocycles. The number of carbonyl (C=O) groups is 1. The molecule has 0 aliphatic carbocycles. The number of amides is 1. The van der Waals surface area contributed by atoms with E-state index in [1.54, 1.807) is 23.1 Å². The molecule has 2 fully saturated rings. The zero-order valence-electron chi connectivity index (χ0n) is 14.3.